The topological polar surface area (TPSA) is 86.7 Å². The van der Waals surface area contributed by atoms with E-state index >= 15 is 0 Å². The minimum absolute atomic E-state index is 0.0549. The summed E-state index contributed by atoms with van der Waals surface area (Å²) in [7, 11) is -3.72. The molecule has 0 aromatic heterocycles. The van der Waals surface area contributed by atoms with Crippen LogP contribution in [0.2, 0.25) is 0 Å². The minimum Gasteiger partial charge on any atom is -0.478 e. The second-order valence-electron chi connectivity index (χ2n) is 4.91. The van der Waals surface area contributed by atoms with Crippen LogP contribution in [0.5, 0.6) is 0 Å². The highest BCUT2D eigenvalue weighted by Crippen LogP contribution is 2.23. The van der Waals surface area contributed by atoms with Gasteiger partial charge in [-0.1, -0.05) is 18.6 Å². The van der Waals surface area contributed by atoms with Gasteiger partial charge < -0.3 is 5.11 Å². The molecule has 110 valence electrons. The number of hydrogen-bond acceptors (Lipinski definition) is 3. The van der Waals surface area contributed by atoms with E-state index in [2.05, 4.69) is 4.72 Å². The third-order valence-corrected chi connectivity index (χ3v) is 5.08. The molecular formula is C13H18N2O4S. The summed E-state index contributed by atoms with van der Waals surface area (Å²) in [5.74, 6) is -1.16. The fourth-order valence-electron chi connectivity index (χ4n) is 2.39. The van der Waals surface area contributed by atoms with E-state index in [9.17, 15) is 13.2 Å². The molecule has 1 aliphatic heterocycles. The van der Waals surface area contributed by atoms with Crippen molar-refractivity contribution in [3.05, 3.63) is 29.8 Å². The van der Waals surface area contributed by atoms with Gasteiger partial charge in [-0.15, -0.1) is 0 Å². The van der Waals surface area contributed by atoms with Crippen LogP contribution in [0.25, 0.3) is 0 Å². The quantitative estimate of drug-likeness (QED) is 0.889. The van der Waals surface area contributed by atoms with Crippen LogP contribution < -0.4 is 4.72 Å². The predicted molar refractivity (Wildman–Crippen MR) is 76.0 cm³/mol. The van der Waals surface area contributed by atoms with Crippen LogP contribution in [-0.2, 0) is 10.2 Å². The zero-order valence-corrected chi connectivity index (χ0v) is 12.1. The molecule has 1 heterocycles. The number of carboxylic acids is 1. The van der Waals surface area contributed by atoms with Crippen molar-refractivity contribution in [2.75, 3.05) is 11.3 Å². The number of nitrogens with zero attached hydrogens (tertiary/aromatic N) is 1. The Balaban J connectivity index is 2.26. The van der Waals surface area contributed by atoms with Crippen molar-refractivity contribution < 1.29 is 18.3 Å². The average Bonchev–Trinajstić information content (AvgIpc) is 2.39. The summed E-state index contributed by atoms with van der Waals surface area (Å²) in [5.41, 5.74) is 0.0403. The fraction of sp³-hybridized carbons (Fsp3) is 0.462. The van der Waals surface area contributed by atoms with Crippen LogP contribution in [0.3, 0.4) is 0 Å². The molecule has 0 saturated carbocycles. The van der Waals surface area contributed by atoms with Crippen LogP contribution in [0, 0.1) is 0 Å². The van der Waals surface area contributed by atoms with Crippen LogP contribution in [0.1, 0.15) is 36.5 Å². The number of aromatic carboxylic acids is 1. The number of benzene rings is 1. The van der Waals surface area contributed by atoms with Gasteiger partial charge in [0.25, 0.3) is 0 Å². The molecule has 1 saturated heterocycles. The standard InChI is InChI=1S/C13H18N2O4S/c1-10-6-4-5-9-15(10)20(18,19)14-12-8-3-2-7-11(12)13(16)17/h2-3,7-8,10,14H,4-6,9H2,1H3,(H,16,17). The summed E-state index contributed by atoms with van der Waals surface area (Å²) in [6.45, 7) is 2.33. The third-order valence-electron chi connectivity index (χ3n) is 3.45. The molecule has 0 aliphatic carbocycles. The number of piperidine rings is 1. The van der Waals surface area contributed by atoms with Crippen LogP contribution in [-0.4, -0.2) is 36.4 Å². The van der Waals surface area contributed by atoms with Crippen molar-refractivity contribution in [1.29, 1.82) is 0 Å². The molecule has 1 fully saturated rings. The van der Waals surface area contributed by atoms with Gasteiger partial charge >= 0.3 is 16.2 Å². The Hall–Kier alpha value is -1.60. The smallest absolute Gasteiger partial charge is 0.337 e. The average molecular weight is 298 g/mol. The molecular weight excluding hydrogens is 280 g/mol. The minimum atomic E-state index is -3.72. The largest absolute Gasteiger partial charge is 0.478 e. The SMILES string of the molecule is CC1CCCCN1S(=O)(=O)Nc1ccccc1C(=O)O. The molecule has 1 atom stereocenters. The van der Waals surface area contributed by atoms with Crippen molar-refractivity contribution in [3.63, 3.8) is 0 Å². The summed E-state index contributed by atoms with van der Waals surface area (Å²) >= 11 is 0. The summed E-state index contributed by atoms with van der Waals surface area (Å²) < 4.78 is 28.5. The zero-order valence-electron chi connectivity index (χ0n) is 11.2. The van der Waals surface area contributed by atoms with E-state index in [1.54, 1.807) is 12.1 Å². The monoisotopic (exact) mass is 298 g/mol. The van der Waals surface area contributed by atoms with E-state index in [1.165, 1.54) is 16.4 Å². The highest BCUT2D eigenvalue weighted by Gasteiger charge is 2.30. The Morgan fingerprint density at radius 1 is 1.35 bits per heavy atom. The molecule has 7 heteroatoms. The van der Waals surface area contributed by atoms with Gasteiger partial charge in [0.15, 0.2) is 0 Å². The number of anilines is 1. The molecule has 2 N–H and O–H groups in total. The Bertz CT molecular complexity index is 600. The molecule has 0 amide bonds. The Labute approximate surface area is 118 Å². The third kappa shape index (κ3) is 3.10. The first-order chi connectivity index (χ1) is 9.42. The molecule has 1 aliphatic rings. The number of carbonyl (C=O) groups is 1. The maximum Gasteiger partial charge on any atom is 0.337 e. The van der Waals surface area contributed by atoms with Crippen LogP contribution in [0.15, 0.2) is 24.3 Å². The van der Waals surface area contributed by atoms with Gasteiger partial charge in [-0.05, 0) is 31.9 Å². The number of hydrogen-bond donors (Lipinski definition) is 2. The summed E-state index contributed by atoms with van der Waals surface area (Å²) in [4.78, 5) is 11.1. The maximum atomic E-state index is 12.4. The molecule has 6 nitrogen and oxygen atoms in total. The van der Waals surface area contributed by atoms with Gasteiger partial charge in [0, 0.05) is 12.6 Å². The van der Waals surface area contributed by atoms with Gasteiger partial charge in [-0.25, -0.2) is 4.79 Å². The first kappa shape index (κ1) is 14.8. The molecule has 0 radical (unpaired) electrons. The maximum absolute atomic E-state index is 12.4. The molecule has 1 aromatic rings. The molecule has 0 bridgehead atoms. The van der Waals surface area contributed by atoms with E-state index in [1.807, 2.05) is 6.92 Å². The summed E-state index contributed by atoms with van der Waals surface area (Å²) in [6.07, 6.45) is 2.66. The van der Waals surface area contributed by atoms with Gasteiger partial charge in [-0.2, -0.15) is 12.7 Å². The second-order valence-corrected chi connectivity index (χ2v) is 6.54. The van der Waals surface area contributed by atoms with Crippen molar-refractivity contribution in [1.82, 2.24) is 4.31 Å². The zero-order chi connectivity index (χ0) is 14.8. The van der Waals surface area contributed by atoms with E-state index in [4.69, 9.17) is 5.11 Å². The van der Waals surface area contributed by atoms with E-state index in [0.29, 0.717) is 6.54 Å². The Morgan fingerprint density at radius 3 is 2.70 bits per heavy atom. The van der Waals surface area contributed by atoms with Gasteiger partial charge in [0.05, 0.1) is 11.3 Å². The van der Waals surface area contributed by atoms with E-state index < -0.39 is 16.2 Å². The summed E-state index contributed by atoms with van der Waals surface area (Å²) in [6, 6.07) is 5.92. The second kappa shape index (κ2) is 5.80. The van der Waals surface area contributed by atoms with Gasteiger partial charge in [0.1, 0.15) is 0 Å². The lowest BCUT2D eigenvalue weighted by molar-refractivity contribution is 0.0698. The molecule has 0 spiro atoms. The lowest BCUT2D eigenvalue weighted by atomic mass is 10.1. The molecule has 1 unspecified atom stereocenters. The van der Waals surface area contributed by atoms with Crippen molar-refractivity contribution in [2.24, 2.45) is 0 Å². The van der Waals surface area contributed by atoms with E-state index in [-0.39, 0.29) is 17.3 Å². The van der Waals surface area contributed by atoms with Crippen LogP contribution >= 0.6 is 0 Å². The number of para-hydroxylation sites is 1. The number of rotatable bonds is 4. The molecule has 1 aromatic carbocycles. The predicted octanol–water partition coefficient (Wildman–Crippen LogP) is 1.92. The van der Waals surface area contributed by atoms with Gasteiger partial charge in [-0.3, -0.25) is 4.72 Å². The van der Waals surface area contributed by atoms with Crippen molar-refractivity contribution in [3.8, 4) is 0 Å². The van der Waals surface area contributed by atoms with Gasteiger partial charge in [0.2, 0.25) is 0 Å². The normalized spacial score (nSPS) is 20.6. The highest BCUT2D eigenvalue weighted by atomic mass is 32.2. The first-order valence-corrected chi connectivity index (χ1v) is 7.98. The Morgan fingerprint density at radius 2 is 2.05 bits per heavy atom. The lowest BCUT2D eigenvalue weighted by Gasteiger charge is -2.32. The highest BCUT2D eigenvalue weighted by molar-refractivity contribution is 7.90. The fourth-order valence-corrected chi connectivity index (χ4v) is 3.91. The van der Waals surface area contributed by atoms with Crippen molar-refractivity contribution >= 4 is 21.9 Å². The molecule has 20 heavy (non-hydrogen) atoms. The molecule has 2 rings (SSSR count). The van der Waals surface area contributed by atoms with Crippen molar-refractivity contribution in [2.45, 2.75) is 32.2 Å². The Kier molecular flexibility index (Phi) is 4.29. The lowest BCUT2D eigenvalue weighted by Crippen LogP contribution is -2.45. The number of nitrogens with one attached hydrogen (secondary N) is 1. The van der Waals surface area contributed by atoms with Crippen LogP contribution in [0.4, 0.5) is 5.69 Å². The first-order valence-electron chi connectivity index (χ1n) is 6.54. The number of carboxylic acid groups (broad SMARTS) is 1. The summed E-state index contributed by atoms with van der Waals surface area (Å²) in [5, 5.41) is 9.08. The van der Waals surface area contributed by atoms with E-state index in [0.717, 1.165) is 19.3 Å².